The largest absolute Gasteiger partial charge is 0.756 e. The van der Waals surface area contributed by atoms with Crippen molar-refractivity contribution in [2.24, 2.45) is 0 Å². The van der Waals surface area contributed by atoms with Crippen LogP contribution in [0, 0.1) is 0 Å². The molecule has 0 aliphatic heterocycles. The number of allylic oxidation sites excluding steroid dienone is 8. The third-order valence-electron chi connectivity index (χ3n) is 8.78. The summed E-state index contributed by atoms with van der Waals surface area (Å²) in [4.78, 5) is 56.9. The Morgan fingerprint density at radius 2 is 1.00 bits per heavy atom. The summed E-state index contributed by atoms with van der Waals surface area (Å²) in [5.41, 5.74) is 0. The van der Waals surface area contributed by atoms with Crippen LogP contribution < -0.4 is 4.89 Å². The van der Waals surface area contributed by atoms with Gasteiger partial charge in [0.15, 0.2) is 6.10 Å². The van der Waals surface area contributed by atoms with E-state index in [2.05, 4.69) is 62.5 Å². The van der Waals surface area contributed by atoms with E-state index in [-0.39, 0.29) is 19.4 Å². The molecule has 1 unspecified atom stereocenters. The number of carbonyl (C=O) groups is 2. The number of unbranched alkanes of at least 4 members (excludes halogenated alkanes) is 16. The lowest BCUT2D eigenvalue weighted by Crippen LogP contribution is -2.37. The maximum Gasteiger partial charge on any atom is 0.342 e. The van der Waals surface area contributed by atoms with Gasteiger partial charge in [-0.3, -0.25) is 14.3 Å². The van der Waals surface area contributed by atoms with Crippen LogP contribution in [0.2, 0.25) is 0 Å². The van der Waals surface area contributed by atoms with Crippen LogP contribution in [0.4, 0.5) is 0 Å². The summed E-state index contributed by atoms with van der Waals surface area (Å²) in [5, 5.41) is 0. The Kier molecular flexibility index (Phi) is 37.0. The van der Waals surface area contributed by atoms with Crippen LogP contribution >= 0.6 is 7.82 Å². The Hall–Kier alpha value is -2.11. The molecular weight excluding hydrogens is 733 g/mol. The minimum absolute atomic E-state index is 0.0688. The zero-order valence-corrected chi connectivity index (χ0v) is 36.9. The molecule has 56 heavy (non-hydrogen) atoms. The summed E-state index contributed by atoms with van der Waals surface area (Å²) < 4.78 is 22.7. The molecule has 326 valence electrons. The first-order valence-electron chi connectivity index (χ1n) is 21.7. The molecule has 0 aliphatic carbocycles. The minimum Gasteiger partial charge on any atom is -0.756 e. The minimum atomic E-state index is -4.68. The predicted octanol–water partition coefficient (Wildman–Crippen LogP) is 11.1. The van der Waals surface area contributed by atoms with Crippen molar-refractivity contribution in [3.63, 3.8) is 0 Å². The molecule has 0 bridgehead atoms. The topological polar surface area (TPSA) is 130 Å². The van der Waals surface area contributed by atoms with Gasteiger partial charge in [0.1, 0.15) is 19.8 Å². The van der Waals surface area contributed by atoms with E-state index >= 15 is 0 Å². The van der Waals surface area contributed by atoms with Crippen LogP contribution in [0.15, 0.2) is 48.6 Å². The first kappa shape index (κ1) is 53.9. The van der Waals surface area contributed by atoms with E-state index in [9.17, 15) is 19.0 Å². The highest BCUT2D eigenvalue weighted by Gasteiger charge is 2.21. The van der Waals surface area contributed by atoms with Gasteiger partial charge in [0.25, 0.3) is 7.82 Å². The van der Waals surface area contributed by atoms with Crippen molar-refractivity contribution in [2.75, 3.05) is 47.5 Å². The number of hydrogen-bond donors (Lipinski definition) is 0. The number of phosphoric ester groups is 1. The number of likely N-dealkylation sites (N-methyl/N-ethyl adjacent to an activating group) is 1. The van der Waals surface area contributed by atoms with E-state index in [1.807, 2.05) is 21.1 Å². The number of rotatable bonds is 40. The maximum absolute atomic E-state index is 12.3. The lowest BCUT2D eigenvalue weighted by atomic mass is 10.1. The van der Waals surface area contributed by atoms with Crippen LogP contribution in [0.5, 0.6) is 0 Å². The molecule has 0 N–H and O–H groups in total. The Morgan fingerprint density at radius 3 is 1.46 bits per heavy atom. The molecule has 0 saturated carbocycles. The lowest BCUT2D eigenvalue weighted by Gasteiger charge is -2.28. The highest BCUT2D eigenvalue weighted by molar-refractivity contribution is 7.45. The molecule has 0 aliphatic rings. The molecule has 0 radical (unpaired) electrons. The Balaban J connectivity index is 4.38. The van der Waals surface area contributed by atoms with Crippen molar-refractivity contribution in [1.29, 1.82) is 0 Å². The van der Waals surface area contributed by atoms with Crippen LogP contribution in [0.25, 0.3) is 0 Å². The monoisotopic (exact) mass is 814 g/mol. The fourth-order valence-electron chi connectivity index (χ4n) is 5.28. The SMILES string of the molecule is CCCCC/C=C\C/C=C\CCCCCCCC(=O)OOC[C@H](COP(=O)([O-])OCC[N+](C)(C)C)OOC(=O)CCCCCCC/C=C\C/C=C\CCCCC. The van der Waals surface area contributed by atoms with Gasteiger partial charge in [0.2, 0.25) is 0 Å². The van der Waals surface area contributed by atoms with E-state index in [1.54, 1.807) is 0 Å². The third-order valence-corrected chi connectivity index (χ3v) is 9.74. The summed E-state index contributed by atoms with van der Waals surface area (Å²) >= 11 is 0. The quantitative estimate of drug-likeness (QED) is 0.0147. The normalized spacial score (nSPS) is 14.0. The molecule has 0 fully saturated rings. The molecular formula is C44H80NO10P. The summed E-state index contributed by atoms with van der Waals surface area (Å²) in [6, 6.07) is 0. The van der Waals surface area contributed by atoms with Crippen molar-refractivity contribution in [3.8, 4) is 0 Å². The van der Waals surface area contributed by atoms with Crippen molar-refractivity contribution in [1.82, 2.24) is 0 Å². The highest BCUT2D eigenvalue weighted by atomic mass is 31.2. The van der Waals surface area contributed by atoms with Crippen LogP contribution in [0.3, 0.4) is 0 Å². The number of quaternary nitrogens is 1. The van der Waals surface area contributed by atoms with Gasteiger partial charge in [-0.1, -0.05) is 127 Å². The fourth-order valence-corrected chi connectivity index (χ4v) is 6.01. The number of phosphoric acid groups is 1. The molecule has 0 saturated heterocycles. The zero-order valence-electron chi connectivity index (χ0n) is 36.0. The second-order valence-corrected chi connectivity index (χ2v) is 16.9. The van der Waals surface area contributed by atoms with Gasteiger partial charge in [-0.2, -0.15) is 9.78 Å². The van der Waals surface area contributed by atoms with E-state index in [1.165, 1.54) is 44.9 Å². The average molecular weight is 814 g/mol. The Morgan fingerprint density at radius 1 is 0.571 bits per heavy atom. The first-order valence-corrected chi connectivity index (χ1v) is 23.1. The zero-order chi connectivity index (χ0) is 41.4. The van der Waals surface area contributed by atoms with Crippen molar-refractivity contribution >= 4 is 19.8 Å². The van der Waals surface area contributed by atoms with Gasteiger partial charge in [-0.05, 0) is 77.0 Å². The van der Waals surface area contributed by atoms with Crippen LogP contribution in [-0.4, -0.2) is 70.0 Å². The second kappa shape index (κ2) is 38.4. The Labute approximate surface area is 341 Å². The standard InChI is InChI=1S/C44H80NO10P/c1-6-8-10-12-14-16-18-20-22-24-26-28-30-32-34-36-43(46)54-50-40-42(41-52-56(48,49)51-39-38-45(3,4)5)53-55-44(47)37-35-33-31-29-27-25-23-21-19-17-15-13-11-9-7-2/h14-17,20-23,42H,6-13,18-19,24-41H2,1-5H3/b16-14-,17-15-,22-20-,23-21-/t42-/m1/s1. The van der Waals surface area contributed by atoms with E-state index in [0.717, 1.165) is 83.5 Å². The fraction of sp³-hybridized carbons (Fsp3) is 0.773. The number of nitrogens with zero attached hydrogens (tertiary/aromatic N) is 1. The van der Waals surface area contributed by atoms with Gasteiger partial charge < -0.3 is 18.4 Å². The molecule has 11 nitrogen and oxygen atoms in total. The smallest absolute Gasteiger partial charge is 0.342 e. The number of carbonyl (C=O) groups excluding carboxylic acids is 2. The van der Waals surface area contributed by atoms with E-state index < -0.39 is 39.1 Å². The average Bonchev–Trinajstić information content (AvgIpc) is 3.15. The lowest BCUT2D eigenvalue weighted by molar-refractivity contribution is -0.870. The van der Waals surface area contributed by atoms with Gasteiger partial charge in [0.05, 0.1) is 27.7 Å². The third kappa shape index (κ3) is 41.5. The Bertz CT molecular complexity index is 1100. The molecule has 0 amide bonds. The number of hydrogen-bond acceptors (Lipinski definition) is 10. The van der Waals surface area contributed by atoms with Crippen molar-refractivity contribution in [2.45, 2.75) is 174 Å². The highest BCUT2D eigenvalue weighted by Crippen LogP contribution is 2.38. The van der Waals surface area contributed by atoms with Gasteiger partial charge in [-0.15, -0.1) is 0 Å². The molecule has 12 heteroatoms. The summed E-state index contributed by atoms with van der Waals surface area (Å²) in [5.74, 6) is -1.14. The van der Waals surface area contributed by atoms with Gasteiger partial charge in [-0.25, -0.2) is 9.59 Å². The molecule has 0 aromatic rings. The molecule has 0 aromatic heterocycles. The van der Waals surface area contributed by atoms with Crippen LogP contribution in [-0.2, 0) is 42.8 Å². The molecule has 0 rings (SSSR count). The molecule has 0 heterocycles. The molecule has 2 atom stereocenters. The van der Waals surface area contributed by atoms with Crippen molar-refractivity contribution in [3.05, 3.63) is 48.6 Å². The summed E-state index contributed by atoms with van der Waals surface area (Å²) in [6.07, 6.45) is 40.6. The molecule has 0 spiro atoms. The van der Waals surface area contributed by atoms with Gasteiger partial charge in [0, 0.05) is 12.8 Å². The maximum atomic E-state index is 12.3. The molecule has 0 aromatic carbocycles. The summed E-state index contributed by atoms with van der Waals surface area (Å²) in [7, 11) is 1.04. The first-order chi connectivity index (χ1) is 27.0. The van der Waals surface area contributed by atoms with Gasteiger partial charge >= 0.3 is 11.9 Å². The van der Waals surface area contributed by atoms with E-state index in [0.29, 0.717) is 23.9 Å². The van der Waals surface area contributed by atoms with Crippen LogP contribution in [0.1, 0.15) is 168 Å². The van der Waals surface area contributed by atoms with Crippen molar-refractivity contribution < 1.29 is 52.1 Å². The van der Waals surface area contributed by atoms with E-state index in [4.69, 9.17) is 28.6 Å². The summed E-state index contributed by atoms with van der Waals surface area (Å²) in [6.45, 7) is 3.83. The predicted molar refractivity (Wildman–Crippen MR) is 224 cm³/mol. The second-order valence-electron chi connectivity index (χ2n) is 15.5.